The summed E-state index contributed by atoms with van der Waals surface area (Å²) < 4.78 is 1.34. The molecule has 0 saturated heterocycles. The Bertz CT molecular complexity index is 625. The van der Waals surface area contributed by atoms with E-state index < -0.39 is 29.2 Å². The maximum Gasteiger partial charge on any atom is 0.326 e. The summed E-state index contributed by atoms with van der Waals surface area (Å²) in [5.41, 5.74) is -0.278. The molecule has 1 aromatic heterocycles. The number of aromatic nitrogens is 1. The van der Waals surface area contributed by atoms with Gasteiger partial charge in [-0.25, -0.2) is 4.79 Å². The van der Waals surface area contributed by atoms with E-state index in [0.717, 1.165) is 18.7 Å². The number of carboxylic acid groups (broad SMARTS) is 2. The molecule has 0 aliphatic rings. The third-order valence-corrected chi connectivity index (χ3v) is 3.43. The molecule has 1 atom stereocenters. The monoisotopic (exact) mass is 326 g/mol. The van der Waals surface area contributed by atoms with Crippen molar-refractivity contribution in [3.63, 3.8) is 0 Å². The van der Waals surface area contributed by atoms with E-state index in [1.807, 2.05) is 6.92 Å². The third kappa shape index (κ3) is 5.41. The quantitative estimate of drug-likeness (QED) is 0.616. The van der Waals surface area contributed by atoms with Gasteiger partial charge in [0, 0.05) is 18.3 Å². The SMILES string of the molecule is CCCCC(C(=O)O)n1cc(O)c(=O)cc1CN(C)CC(=O)O. The molecule has 8 nitrogen and oxygen atoms in total. The van der Waals surface area contributed by atoms with Crippen LogP contribution in [0, 0.1) is 0 Å². The number of hydrogen-bond acceptors (Lipinski definition) is 5. The average molecular weight is 326 g/mol. The Morgan fingerprint density at radius 3 is 2.52 bits per heavy atom. The summed E-state index contributed by atoms with van der Waals surface area (Å²) in [4.78, 5) is 35.4. The number of carbonyl (C=O) groups is 2. The van der Waals surface area contributed by atoms with Crippen LogP contribution in [0.5, 0.6) is 5.75 Å². The molecule has 0 bridgehead atoms. The van der Waals surface area contributed by atoms with Gasteiger partial charge in [-0.1, -0.05) is 19.8 Å². The highest BCUT2D eigenvalue weighted by Crippen LogP contribution is 2.20. The molecule has 8 heteroatoms. The topological polar surface area (TPSA) is 120 Å². The van der Waals surface area contributed by atoms with Gasteiger partial charge in [0.05, 0.1) is 12.7 Å². The fraction of sp³-hybridized carbons (Fsp3) is 0.533. The number of unbranched alkanes of at least 4 members (excludes halogenated alkanes) is 1. The molecule has 1 heterocycles. The number of aromatic hydroxyl groups is 1. The second-order valence-corrected chi connectivity index (χ2v) is 5.48. The number of likely N-dealkylation sites (N-methyl/N-ethyl adjacent to an activating group) is 1. The Morgan fingerprint density at radius 2 is 2.00 bits per heavy atom. The summed E-state index contributed by atoms with van der Waals surface area (Å²) in [6.45, 7) is 1.77. The maximum absolute atomic E-state index is 11.7. The second kappa shape index (κ2) is 8.33. The third-order valence-electron chi connectivity index (χ3n) is 3.43. The lowest BCUT2D eigenvalue weighted by molar-refractivity contribution is -0.141. The minimum Gasteiger partial charge on any atom is -0.503 e. The van der Waals surface area contributed by atoms with Crippen LogP contribution in [0.1, 0.15) is 37.9 Å². The molecular formula is C15H22N2O6. The van der Waals surface area contributed by atoms with Crippen LogP contribution in [-0.2, 0) is 16.1 Å². The van der Waals surface area contributed by atoms with Crippen LogP contribution in [0.2, 0.25) is 0 Å². The Hall–Kier alpha value is -2.35. The van der Waals surface area contributed by atoms with E-state index in [9.17, 15) is 24.6 Å². The van der Waals surface area contributed by atoms with Crippen molar-refractivity contribution in [3.8, 4) is 5.75 Å². The van der Waals surface area contributed by atoms with Crippen LogP contribution < -0.4 is 5.43 Å². The molecule has 128 valence electrons. The van der Waals surface area contributed by atoms with E-state index in [1.165, 1.54) is 9.47 Å². The van der Waals surface area contributed by atoms with Crippen molar-refractivity contribution >= 4 is 11.9 Å². The van der Waals surface area contributed by atoms with Crippen molar-refractivity contribution in [3.05, 3.63) is 28.2 Å². The van der Waals surface area contributed by atoms with E-state index in [1.54, 1.807) is 7.05 Å². The van der Waals surface area contributed by atoms with Gasteiger partial charge >= 0.3 is 11.9 Å². The Labute approximate surface area is 133 Å². The predicted octanol–water partition coefficient (Wildman–Crippen LogP) is 0.886. The molecule has 0 aliphatic heterocycles. The summed E-state index contributed by atoms with van der Waals surface area (Å²) in [6.07, 6.45) is 2.95. The summed E-state index contributed by atoms with van der Waals surface area (Å²) in [5.74, 6) is -2.62. The van der Waals surface area contributed by atoms with Gasteiger partial charge in [-0.3, -0.25) is 14.5 Å². The number of nitrogens with zero attached hydrogens (tertiary/aromatic N) is 2. The maximum atomic E-state index is 11.7. The number of rotatable bonds is 9. The predicted molar refractivity (Wildman–Crippen MR) is 82.5 cm³/mol. The average Bonchev–Trinajstić information content (AvgIpc) is 2.42. The number of aliphatic carboxylic acids is 2. The van der Waals surface area contributed by atoms with Crippen LogP contribution >= 0.6 is 0 Å². The lowest BCUT2D eigenvalue weighted by atomic mass is 10.1. The van der Waals surface area contributed by atoms with Crippen molar-refractivity contribution in [1.82, 2.24) is 9.47 Å². The first kappa shape index (κ1) is 18.7. The minimum atomic E-state index is -1.07. The highest BCUT2D eigenvalue weighted by Gasteiger charge is 2.22. The summed E-state index contributed by atoms with van der Waals surface area (Å²) >= 11 is 0. The normalized spacial score (nSPS) is 12.3. The van der Waals surface area contributed by atoms with Crippen LogP contribution in [0.25, 0.3) is 0 Å². The standard InChI is InChI=1S/C15H22N2O6/c1-3-4-5-11(15(22)23)17-8-13(19)12(18)6-10(17)7-16(2)9-14(20)21/h6,8,11,19H,3-5,7,9H2,1-2H3,(H,20,21)(H,22,23). The molecule has 0 radical (unpaired) electrons. The molecule has 0 saturated carbocycles. The first-order valence-electron chi connectivity index (χ1n) is 7.33. The second-order valence-electron chi connectivity index (χ2n) is 5.48. The van der Waals surface area contributed by atoms with Crippen LogP contribution in [0.3, 0.4) is 0 Å². The van der Waals surface area contributed by atoms with Crippen molar-refractivity contribution in [2.45, 2.75) is 38.8 Å². The van der Waals surface area contributed by atoms with Gasteiger partial charge in [0.1, 0.15) is 6.04 Å². The molecule has 1 rings (SSSR count). The largest absolute Gasteiger partial charge is 0.503 e. The van der Waals surface area contributed by atoms with Gasteiger partial charge < -0.3 is 19.9 Å². The molecule has 0 fully saturated rings. The zero-order valence-corrected chi connectivity index (χ0v) is 13.2. The highest BCUT2D eigenvalue weighted by molar-refractivity contribution is 5.72. The Morgan fingerprint density at radius 1 is 1.35 bits per heavy atom. The lowest BCUT2D eigenvalue weighted by Crippen LogP contribution is -2.30. The highest BCUT2D eigenvalue weighted by atomic mass is 16.4. The van der Waals surface area contributed by atoms with Gasteiger partial charge in [-0.15, -0.1) is 0 Å². The van der Waals surface area contributed by atoms with Crippen LogP contribution in [0.4, 0.5) is 0 Å². The number of pyridine rings is 1. The number of hydrogen-bond donors (Lipinski definition) is 3. The molecule has 1 unspecified atom stereocenters. The Balaban J connectivity index is 3.21. The van der Waals surface area contributed by atoms with Gasteiger partial charge in [0.2, 0.25) is 5.43 Å². The van der Waals surface area contributed by atoms with Gasteiger partial charge in [0.15, 0.2) is 5.75 Å². The van der Waals surface area contributed by atoms with Crippen LogP contribution in [0.15, 0.2) is 17.1 Å². The molecule has 23 heavy (non-hydrogen) atoms. The number of carboxylic acids is 2. The molecular weight excluding hydrogens is 304 g/mol. The lowest BCUT2D eigenvalue weighted by Gasteiger charge is -2.23. The summed E-state index contributed by atoms with van der Waals surface area (Å²) in [5, 5.41) is 27.9. The molecule has 3 N–H and O–H groups in total. The minimum absolute atomic E-state index is 0.0811. The van der Waals surface area contributed by atoms with E-state index >= 15 is 0 Å². The Kier molecular flexibility index (Phi) is 6.77. The molecule has 1 aromatic rings. The molecule has 0 spiro atoms. The first-order valence-corrected chi connectivity index (χ1v) is 7.33. The van der Waals surface area contributed by atoms with Crippen molar-refractivity contribution in [1.29, 1.82) is 0 Å². The van der Waals surface area contributed by atoms with E-state index in [4.69, 9.17) is 5.11 Å². The fourth-order valence-electron chi connectivity index (χ4n) is 2.34. The zero-order chi connectivity index (χ0) is 17.6. The van der Waals surface area contributed by atoms with E-state index in [0.29, 0.717) is 18.5 Å². The summed E-state index contributed by atoms with van der Waals surface area (Å²) in [6, 6.07) is 0.227. The smallest absolute Gasteiger partial charge is 0.326 e. The van der Waals surface area contributed by atoms with Gasteiger partial charge in [-0.05, 0) is 13.5 Å². The van der Waals surface area contributed by atoms with E-state index in [-0.39, 0.29) is 13.1 Å². The van der Waals surface area contributed by atoms with Gasteiger partial charge in [0.25, 0.3) is 0 Å². The van der Waals surface area contributed by atoms with Crippen molar-refractivity contribution in [2.75, 3.05) is 13.6 Å². The molecule has 0 aromatic carbocycles. The first-order chi connectivity index (χ1) is 10.8. The van der Waals surface area contributed by atoms with E-state index in [2.05, 4.69) is 0 Å². The molecule has 0 amide bonds. The van der Waals surface area contributed by atoms with Crippen molar-refractivity contribution < 1.29 is 24.9 Å². The zero-order valence-electron chi connectivity index (χ0n) is 13.2. The van der Waals surface area contributed by atoms with Gasteiger partial charge in [-0.2, -0.15) is 0 Å². The van der Waals surface area contributed by atoms with Crippen molar-refractivity contribution in [2.24, 2.45) is 0 Å². The molecule has 0 aliphatic carbocycles. The van der Waals surface area contributed by atoms with Crippen LogP contribution in [-0.4, -0.2) is 50.3 Å². The summed E-state index contributed by atoms with van der Waals surface area (Å²) in [7, 11) is 1.55. The fourth-order valence-corrected chi connectivity index (χ4v) is 2.34.